The van der Waals surface area contributed by atoms with Crippen molar-refractivity contribution in [2.24, 2.45) is 11.8 Å². The molecule has 0 aromatic carbocycles. The lowest BCUT2D eigenvalue weighted by Crippen LogP contribution is -2.57. The Bertz CT molecular complexity index is 629. The molecule has 1 N–H and O–H groups in total. The zero-order valence-corrected chi connectivity index (χ0v) is 15.6. The molecule has 2 fully saturated rings. The van der Waals surface area contributed by atoms with Crippen molar-refractivity contribution in [1.29, 1.82) is 0 Å². The molecule has 5 heteroatoms. The number of carbonyl (C=O) groups is 1. The molecule has 1 aromatic rings. The minimum absolute atomic E-state index is 0.00913. The molecular weight excluding hydrogens is 316 g/mol. The summed E-state index contributed by atoms with van der Waals surface area (Å²) in [6.07, 6.45) is 4.92. The summed E-state index contributed by atoms with van der Waals surface area (Å²) in [5.41, 5.74) is 1.25. The number of likely N-dealkylation sites (tertiary alicyclic amines) is 1. The summed E-state index contributed by atoms with van der Waals surface area (Å²) < 4.78 is 5.75. The summed E-state index contributed by atoms with van der Waals surface area (Å²) in [5, 5.41) is 11.0. The van der Waals surface area contributed by atoms with E-state index in [0.717, 1.165) is 30.7 Å². The van der Waals surface area contributed by atoms with Crippen molar-refractivity contribution in [2.45, 2.75) is 58.5 Å². The van der Waals surface area contributed by atoms with E-state index in [1.807, 2.05) is 30.9 Å². The van der Waals surface area contributed by atoms with Crippen molar-refractivity contribution >= 4 is 5.91 Å². The number of piperidine rings is 1. The molecule has 1 saturated heterocycles. The van der Waals surface area contributed by atoms with Crippen molar-refractivity contribution in [1.82, 2.24) is 9.88 Å². The van der Waals surface area contributed by atoms with Crippen LogP contribution < -0.4 is 4.74 Å². The Morgan fingerprint density at radius 1 is 1.44 bits per heavy atom. The molecular formula is C20H30N2O3. The van der Waals surface area contributed by atoms with E-state index in [-0.39, 0.29) is 18.4 Å². The fourth-order valence-electron chi connectivity index (χ4n) is 4.09. The van der Waals surface area contributed by atoms with Gasteiger partial charge < -0.3 is 14.7 Å². The largest absolute Gasteiger partial charge is 0.482 e. The second-order valence-electron chi connectivity index (χ2n) is 7.65. The highest BCUT2D eigenvalue weighted by Gasteiger charge is 2.47. The number of aromatic nitrogens is 1. The van der Waals surface area contributed by atoms with Crippen LogP contribution in [0.3, 0.4) is 0 Å². The van der Waals surface area contributed by atoms with E-state index in [2.05, 4.69) is 11.9 Å². The number of pyridine rings is 1. The average molecular weight is 346 g/mol. The van der Waals surface area contributed by atoms with Gasteiger partial charge in [-0.15, -0.1) is 0 Å². The van der Waals surface area contributed by atoms with Crippen molar-refractivity contribution < 1.29 is 14.6 Å². The molecule has 138 valence electrons. The lowest BCUT2D eigenvalue weighted by molar-refractivity contribution is -0.152. The molecule has 0 spiro atoms. The van der Waals surface area contributed by atoms with Gasteiger partial charge in [-0.05, 0) is 50.7 Å². The van der Waals surface area contributed by atoms with Crippen LogP contribution in [0.1, 0.15) is 50.9 Å². The Morgan fingerprint density at radius 2 is 2.20 bits per heavy atom. The van der Waals surface area contributed by atoms with E-state index in [0.29, 0.717) is 31.2 Å². The number of ether oxygens (including phenoxy) is 1. The first kappa shape index (κ1) is 18.2. The fourth-order valence-corrected chi connectivity index (χ4v) is 4.09. The van der Waals surface area contributed by atoms with Gasteiger partial charge in [0.05, 0.1) is 11.3 Å². The molecule has 2 heterocycles. The highest BCUT2D eigenvalue weighted by Crippen LogP contribution is 2.44. The van der Waals surface area contributed by atoms with Crippen LogP contribution in [0.25, 0.3) is 0 Å². The van der Waals surface area contributed by atoms with Gasteiger partial charge in [0.2, 0.25) is 0 Å². The highest BCUT2D eigenvalue weighted by molar-refractivity contribution is 5.78. The number of aliphatic hydroxyl groups is 1. The number of aryl methyl sites for hydroxylation is 2. The molecule has 5 nitrogen and oxygen atoms in total. The Hall–Kier alpha value is -1.62. The molecule has 25 heavy (non-hydrogen) atoms. The molecule has 1 aromatic heterocycles. The lowest BCUT2D eigenvalue weighted by Gasteiger charge is -2.50. The molecule has 1 saturated carbocycles. The van der Waals surface area contributed by atoms with Crippen LogP contribution in [-0.2, 0) is 11.2 Å². The van der Waals surface area contributed by atoms with Crippen molar-refractivity contribution in [3.8, 4) is 5.75 Å². The summed E-state index contributed by atoms with van der Waals surface area (Å²) in [4.78, 5) is 18.9. The number of amides is 1. The van der Waals surface area contributed by atoms with E-state index >= 15 is 0 Å². The summed E-state index contributed by atoms with van der Waals surface area (Å²) in [6.45, 7) is 7.31. The third-order valence-electron chi connectivity index (χ3n) is 6.05. The van der Waals surface area contributed by atoms with Gasteiger partial charge in [-0.3, -0.25) is 9.78 Å². The molecule has 0 radical (unpaired) electrons. The first-order valence-corrected chi connectivity index (χ1v) is 9.53. The third kappa shape index (κ3) is 3.66. The summed E-state index contributed by atoms with van der Waals surface area (Å²) in [6, 6.07) is 3.79. The van der Waals surface area contributed by atoms with Gasteiger partial charge >= 0.3 is 0 Å². The maximum absolute atomic E-state index is 12.5. The van der Waals surface area contributed by atoms with E-state index in [1.54, 1.807) is 0 Å². The number of rotatable bonds is 5. The number of nitrogens with zero attached hydrogens (tertiary/aromatic N) is 2. The summed E-state index contributed by atoms with van der Waals surface area (Å²) in [7, 11) is 0. The van der Waals surface area contributed by atoms with E-state index in [4.69, 9.17) is 4.74 Å². The monoisotopic (exact) mass is 346 g/mol. The first-order chi connectivity index (χ1) is 11.9. The summed E-state index contributed by atoms with van der Waals surface area (Å²) >= 11 is 0. The van der Waals surface area contributed by atoms with Crippen molar-refractivity contribution in [3.05, 3.63) is 23.5 Å². The standard InChI is InChI=1S/C20H30N2O3/c1-4-17-18(9-8-15(3)21-17)25-13-19(23)22-11-10-20(24,14(2)12-22)16-6-5-7-16/h8-9,14,16,24H,4-7,10-13H2,1-3H3/t14-,20+/m1/s1. The predicted octanol–water partition coefficient (Wildman–Crippen LogP) is 2.73. The van der Waals surface area contributed by atoms with Crippen LogP contribution in [0.5, 0.6) is 5.75 Å². The predicted molar refractivity (Wildman–Crippen MR) is 96.5 cm³/mol. The lowest BCUT2D eigenvalue weighted by atomic mass is 9.65. The molecule has 2 aliphatic rings. The average Bonchev–Trinajstić information content (AvgIpc) is 2.54. The first-order valence-electron chi connectivity index (χ1n) is 9.53. The van der Waals surface area contributed by atoms with Crippen LogP contribution >= 0.6 is 0 Å². The number of hydrogen-bond acceptors (Lipinski definition) is 4. The van der Waals surface area contributed by atoms with Gasteiger partial charge in [0.1, 0.15) is 5.75 Å². The van der Waals surface area contributed by atoms with E-state index in [9.17, 15) is 9.90 Å². The Morgan fingerprint density at radius 3 is 2.80 bits per heavy atom. The SMILES string of the molecule is CCc1nc(C)ccc1OCC(=O)N1CC[C@@](O)(C2CCC2)[C@H](C)C1. The van der Waals surface area contributed by atoms with Crippen molar-refractivity contribution in [3.63, 3.8) is 0 Å². The topological polar surface area (TPSA) is 62.7 Å². The van der Waals surface area contributed by atoms with Crippen LogP contribution in [0.15, 0.2) is 12.1 Å². The molecule has 1 aliphatic heterocycles. The number of carbonyl (C=O) groups excluding carboxylic acids is 1. The molecule has 3 rings (SSSR count). The second-order valence-corrected chi connectivity index (χ2v) is 7.65. The highest BCUT2D eigenvalue weighted by atomic mass is 16.5. The smallest absolute Gasteiger partial charge is 0.260 e. The van der Waals surface area contributed by atoms with Crippen LogP contribution in [0.4, 0.5) is 0 Å². The van der Waals surface area contributed by atoms with Gasteiger partial charge in [0, 0.05) is 24.7 Å². The van der Waals surface area contributed by atoms with E-state index < -0.39 is 5.60 Å². The van der Waals surface area contributed by atoms with Crippen LogP contribution in [0.2, 0.25) is 0 Å². The third-order valence-corrected chi connectivity index (χ3v) is 6.05. The molecule has 0 unspecified atom stereocenters. The molecule has 2 atom stereocenters. The van der Waals surface area contributed by atoms with Crippen LogP contribution in [0, 0.1) is 18.8 Å². The van der Waals surface area contributed by atoms with Gasteiger partial charge in [-0.1, -0.05) is 20.3 Å². The number of hydrogen-bond donors (Lipinski definition) is 1. The Labute approximate surface area is 150 Å². The minimum Gasteiger partial charge on any atom is -0.482 e. The quantitative estimate of drug-likeness (QED) is 0.890. The maximum atomic E-state index is 12.5. The maximum Gasteiger partial charge on any atom is 0.260 e. The minimum atomic E-state index is -0.591. The van der Waals surface area contributed by atoms with E-state index in [1.165, 1.54) is 6.42 Å². The zero-order valence-electron chi connectivity index (χ0n) is 15.6. The van der Waals surface area contributed by atoms with Crippen LogP contribution in [-0.4, -0.2) is 46.2 Å². The molecule has 1 amide bonds. The molecule has 1 aliphatic carbocycles. The fraction of sp³-hybridized carbons (Fsp3) is 0.700. The van der Waals surface area contributed by atoms with Gasteiger partial charge in [-0.2, -0.15) is 0 Å². The van der Waals surface area contributed by atoms with Gasteiger partial charge in [0.25, 0.3) is 5.91 Å². The zero-order chi connectivity index (χ0) is 18.0. The molecule has 0 bridgehead atoms. The van der Waals surface area contributed by atoms with Crippen molar-refractivity contribution in [2.75, 3.05) is 19.7 Å². The van der Waals surface area contributed by atoms with Gasteiger partial charge in [-0.25, -0.2) is 0 Å². The normalized spacial score (nSPS) is 27.0. The Kier molecular flexibility index (Phi) is 5.32. The summed E-state index contributed by atoms with van der Waals surface area (Å²) in [5.74, 6) is 1.21. The van der Waals surface area contributed by atoms with Gasteiger partial charge in [0.15, 0.2) is 6.61 Å². The Balaban J connectivity index is 1.56. The second kappa shape index (κ2) is 7.32.